The van der Waals surface area contributed by atoms with Gasteiger partial charge < -0.3 is 5.11 Å². The van der Waals surface area contributed by atoms with Crippen molar-refractivity contribution in [2.75, 3.05) is 16.6 Å². The van der Waals surface area contributed by atoms with Gasteiger partial charge in [0.2, 0.25) is 0 Å². The number of hydrogen-bond acceptors (Lipinski definition) is 4. The Bertz CT molecular complexity index is 535. The van der Waals surface area contributed by atoms with E-state index < -0.39 is 28.1 Å². The Morgan fingerprint density at radius 2 is 2.15 bits per heavy atom. The lowest BCUT2D eigenvalue weighted by Gasteiger charge is -2.38. The van der Waals surface area contributed by atoms with E-state index in [1.165, 1.54) is 16.4 Å². The topological polar surface area (TPSA) is 81.0 Å². The summed E-state index contributed by atoms with van der Waals surface area (Å²) in [5, 5.41) is 9.08. The average Bonchev–Trinajstić information content (AvgIpc) is 2.71. The molecule has 1 saturated heterocycles. The molecule has 0 spiro atoms. The molecule has 0 amide bonds. The Morgan fingerprint density at radius 1 is 1.45 bits per heavy atom. The molecule has 0 aromatic heterocycles. The molecule has 112 valence electrons. The fourth-order valence-electron chi connectivity index (χ4n) is 2.37. The maximum absolute atomic E-state index is 14.3. The standard InChI is InChI=1S/C13H18FNO4S/c1-2-4-9-7-10(13(16)17)12(14)11(8-9)15-5-3-6-20(15,18)19/h7-8,18-19H,2-6H2,1H3,(H,16,17). The van der Waals surface area contributed by atoms with Crippen molar-refractivity contribution in [3.05, 3.63) is 29.1 Å². The van der Waals surface area contributed by atoms with Crippen molar-refractivity contribution in [3.63, 3.8) is 0 Å². The summed E-state index contributed by atoms with van der Waals surface area (Å²) in [5.41, 5.74) is 0.238. The Hall–Kier alpha value is -1.31. The van der Waals surface area contributed by atoms with Crippen LogP contribution in [0.2, 0.25) is 0 Å². The molecule has 0 unspecified atom stereocenters. The molecule has 0 aliphatic carbocycles. The van der Waals surface area contributed by atoms with Gasteiger partial charge in [0.05, 0.1) is 17.0 Å². The first kappa shape index (κ1) is 15.1. The van der Waals surface area contributed by atoms with Crippen LogP contribution in [0.1, 0.15) is 35.7 Å². The highest BCUT2D eigenvalue weighted by atomic mass is 32.3. The van der Waals surface area contributed by atoms with E-state index in [9.17, 15) is 18.3 Å². The van der Waals surface area contributed by atoms with E-state index in [1.807, 2.05) is 6.92 Å². The molecule has 5 nitrogen and oxygen atoms in total. The summed E-state index contributed by atoms with van der Waals surface area (Å²) in [5.74, 6) is -2.07. The van der Waals surface area contributed by atoms with Gasteiger partial charge in [-0.2, -0.15) is 0 Å². The van der Waals surface area contributed by atoms with Gasteiger partial charge in [0.1, 0.15) is 0 Å². The van der Waals surface area contributed by atoms with Crippen molar-refractivity contribution in [1.82, 2.24) is 0 Å². The zero-order chi connectivity index (χ0) is 14.9. The summed E-state index contributed by atoms with van der Waals surface area (Å²) in [6.45, 7) is 2.25. The summed E-state index contributed by atoms with van der Waals surface area (Å²) >= 11 is 0. The minimum Gasteiger partial charge on any atom is -0.478 e. The van der Waals surface area contributed by atoms with Gasteiger partial charge in [-0.15, -0.1) is 10.8 Å². The first-order valence-electron chi connectivity index (χ1n) is 6.46. The van der Waals surface area contributed by atoms with Crippen LogP contribution in [0.5, 0.6) is 0 Å². The summed E-state index contributed by atoms with van der Waals surface area (Å²) in [7, 11) is -3.04. The van der Waals surface area contributed by atoms with Crippen LogP contribution in [-0.2, 0) is 6.42 Å². The number of aromatic carboxylic acids is 1. The van der Waals surface area contributed by atoms with E-state index in [-0.39, 0.29) is 11.4 Å². The Kier molecular flexibility index (Phi) is 4.22. The van der Waals surface area contributed by atoms with Crippen molar-refractivity contribution < 1.29 is 23.4 Å². The lowest BCUT2D eigenvalue weighted by Crippen LogP contribution is -2.24. The number of hydrogen-bond donors (Lipinski definition) is 3. The predicted molar refractivity (Wildman–Crippen MR) is 77.0 cm³/mol. The first-order valence-corrected chi connectivity index (χ1v) is 8.13. The van der Waals surface area contributed by atoms with E-state index in [2.05, 4.69) is 0 Å². The smallest absolute Gasteiger partial charge is 0.338 e. The lowest BCUT2D eigenvalue weighted by molar-refractivity contribution is 0.0692. The summed E-state index contributed by atoms with van der Waals surface area (Å²) < 4.78 is 35.4. The number of aryl methyl sites for hydroxylation is 1. The third-order valence-corrected chi connectivity index (χ3v) is 5.20. The van der Waals surface area contributed by atoms with Crippen LogP contribution in [0.15, 0.2) is 12.1 Å². The predicted octanol–water partition coefficient (Wildman–Crippen LogP) is 3.35. The highest BCUT2D eigenvalue weighted by Gasteiger charge is 2.32. The minimum absolute atomic E-state index is 0.0224. The van der Waals surface area contributed by atoms with E-state index in [4.69, 9.17) is 5.11 Å². The molecule has 2 rings (SSSR count). The molecule has 3 N–H and O–H groups in total. The van der Waals surface area contributed by atoms with Crippen LogP contribution < -0.4 is 4.31 Å². The normalized spacial score (nSPS) is 19.1. The molecule has 1 aromatic carbocycles. The lowest BCUT2D eigenvalue weighted by atomic mass is 10.0. The van der Waals surface area contributed by atoms with E-state index in [0.29, 0.717) is 24.9 Å². The number of benzene rings is 1. The molecule has 7 heteroatoms. The van der Waals surface area contributed by atoms with Crippen molar-refractivity contribution in [2.45, 2.75) is 26.2 Å². The van der Waals surface area contributed by atoms with Crippen molar-refractivity contribution in [3.8, 4) is 0 Å². The van der Waals surface area contributed by atoms with Gasteiger partial charge in [-0.3, -0.25) is 13.4 Å². The fraction of sp³-hybridized carbons (Fsp3) is 0.462. The zero-order valence-corrected chi connectivity index (χ0v) is 12.0. The van der Waals surface area contributed by atoms with Crippen molar-refractivity contribution >= 4 is 22.4 Å². The molecule has 1 aliphatic rings. The summed E-state index contributed by atoms with van der Waals surface area (Å²) in [4.78, 5) is 11.1. The van der Waals surface area contributed by atoms with Gasteiger partial charge in [-0.25, -0.2) is 9.18 Å². The van der Waals surface area contributed by atoms with Gasteiger partial charge in [-0.05, 0) is 30.5 Å². The Labute approximate surface area is 118 Å². The highest BCUT2D eigenvalue weighted by molar-refractivity contribution is 8.25. The molecule has 1 heterocycles. The molecular formula is C13H18FNO4S. The van der Waals surface area contributed by atoms with Crippen LogP contribution in [0, 0.1) is 5.82 Å². The maximum Gasteiger partial charge on any atom is 0.338 e. The molecule has 1 fully saturated rings. The Balaban J connectivity index is 2.53. The van der Waals surface area contributed by atoms with Crippen LogP contribution in [0.3, 0.4) is 0 Å². The van der Waals surface area contributed by atoms with Crippen LogP contribution in [0.25, 0.3) is 0 Å². The molecule has 0 bridgehead atoms. The number of carbonyl (C=O) groups is 1. The molecule has 0 radical (unpaired) electrons. The van der Waals surface area contributed by atoms with E-state index >= 15 is 0 Å². The monoisotopic (exact) mass is 303 g/mol. The maximum atomic E-state index is 14.3. The van der Waals surface area contributed by atoms with Gasteiger partial charge in [0.15, 0.2) is 5.82 Å². The quantitative estimate of drug-likeness (QED) is 0.794. The summed E-state index contributed by atoms with van der Waals surface area (Å²) in [6, 6.07) is 2.83. The largest absolute Gasteiger partial charge is 0.478 e. The van der Waals surface area contributed by atoms with Crippen LogP contribution >= 0.6 is 10.8 Å². The number of halogens is 1. The Morgan fingerprint density at radius 3 is 2.65 bits per heavy atom. The van der Waals surface area contributed by atoms with Gasteiger partial charge in [-0.1, -0.05) is 13.3 Å². The minimum atomic E-state index is -3.04. The second kappa shape index (κ2) is 5.59. The zero-order valence-electron chi connectivity index (χ0n) is 11.2. The molecule has 1 aliphatic heterocycles. The summed E-state index contributed by atoms with van der Waals surface area (Å²) in [6.07, 6.45) is 1.95. The first-order chi connectivity index (χ1) is 9.36. The van der Waals surface area contributed by atoms with Gasteiger partial charge in [0.25, 0.3) is 0 Å². The molecule has 0 atom stereocenters. The second-order valence-electron chi connectivity index (χ2n) is 4.82. The van der Waals surface area contributed by atoms with E-state index in [0.717, 1.165) is 6.42 Å². The SMILES string of the molecule is CCCc1cc(C(=O)O)c(F)c(N2CCCS2(O)O)c1. The number of nitrogens with zero attached hydrogens (tertiary/aromatic N) is 1. The van der Waals surface area contributed by atoms with Crippen molar-refractivity contribution in [1.29, 1.82) is 0 Å². The average molecular weight is 303 g/mol. The van der Waals surface area contributed by atoms with Gasteiger partial charge >= 0.3 is 5.97 Å². The fourth-order valence-corrected chi connectivity index (χ4v) is 3.98. The van der Waals surface area contributed by atoms with Crippen LogP contribution in [-0.4, -0.2) is 32.5 Å². The number of carboxylic acids is 1. The molecule has 1 aromatic rings. The third-order valence-electron chi connectivity index (χ3n) is 3.28. The van der Waals surface area contributed by atoms with Crippen molar-refractivity contribution in [2.24, 2.45) is 0 Å². The van der Waals surface area contributed by atoms with E-state index in [1.54, 1.807) is 0 Å². The number of rotatable bonds is 4. The molecular weight excluding hydrogens is 285 g/mol. The molecule has 0 saturated carbocycles. The highest BCUT2D eigenvalue weighted by Crippen LogP contribution is 2.51. The number of anilines is 1. The van der Waals surface area contributed by atoms with Crippen LogP contribution in [0.4, 0.5) is 10.1 Å². The van der Waals surface area contributed by atoms with Gasteiger partial charge in [0, 0.05) is 6.54 Å². The third kappa shape index (κ3) is 2.74. The molecule has 20 heavy (non-hydrogen) atoms. The number of carboxylic acid groups (broad SMARTS) is 1. The second-order valence-corrected chi connectivity index (χ2v) is 6.94.